The third-order valence-electron chi connectivity index (χ3n) is 2.93. The van der Waals surface area contributed by atoms with Gasteiger partial charge >= 0.3 is 5.97 Å². The maximum atomic E-state index is 11.9. The Morgan fingerprint density at radius 1 is 1.33 bits per heavy atom. The van der Waals surface area contributed by atoms with Crippen LogP contribution in [0.2, 0.25) is 0 Å². The monoisotopic (exact) mass is 277 g/mol. The van der Waals surface area contributed by atoms with E-state index in [1.165, 1.54) is 0 Å². The van der Waals surface area contributed by atoms with Gasteiger partial charge in [-0.2, -0.15) is 0 Å². The highest BCUT2D eigenvalue weighted by molar-refractivity contribution is 7.92. The Bertz CT molecular complexity index is 440. The Hall–Kier alpha value is -1.11. The topological polar surface area (TPSA) is 101 Å². The molecular formula is C11H19NO5S. The first kappa shape index (κ1) is 14.9. The lowest BCUT2D eigenvalue weighted by molar-refractivity contribution is -0.138. The summed E-state index contributed by atoms with van der Waals surface area (Å²) in [6.07, 6.45) is 1.37. The number of hydrogen-bond donors (Lipinski definition) is 2. The first-order chi connectivity index (χ1) is 8.14. The van der Waals surface area contributed by atoms with Crippen LogP contribution in [0.4, 0.5) is 0 Å². The Morgan fingerprint density at radius 3 is 2.44 bits per heavy atom. The smallest absolute Gasteiger partial charge is 0.305 e. The van der Waals surface area contributed by atoms with E-state index in [-0.39, 0.29) is 12.2 Å². The molecule has 0 aromatic carbocycles. The van der Waals surface area contributed by atoms with Crippen molar-refractivity contribution in [3.8, 4) is 0 Å². The molecule has 1 rings (SSSR count). The number of carboxylic acid groups (broad SMARTS) is 1. The quantitative estimate of drug-likeness (QED) is 0.771. The zero-order valence-electron chi connectivity index (χ0n) is 10.6. The number of nitrogens with one attached hydrogen (secondary N) is 1. The van der Waals surface area contributed by atoms with Crippen molar-refractivity contribution < 1.29 is 23.1 Å². The molecule has 0 aliphatic carbocycles. The molecule has 18 heavy (non-hydrogen) atoms. The van der Waals surface area contributed by atoms with E-state index >= 15 is 0 Å². The molecule has 0 aromatic rings. The average molecular weight is 277 g/mol. The molecule has 0 saturated carbocycles. The van der Waals surface area contributed by atoms with Gasteiger partial charge in [-0.05, 0) is 26.7 Å². The molecule has 1 fully saturated rings. The molecule has 1 amide bonds. The van der Waals surface area contributed by atoms with Gasteiger partial charge in [0.25, 0.3) is 0 Å². The third-order valence-corrected chi connectivity index (χ3v) is 5.10. The van der Waals surface area contributed by atoms with Crippen molar-refractivity contribution in [1.82, 2.24) is 5.32 Å². The molecule has 0 aromatic heterocycles. The van der Waals surface area contributed by atoms with Gasteiger partial charge in [-0.15, -0.1) is 0 Å². The fourth-order valence-corrected chi connectivity index (χ4v) is 3.89. The predicted molar refractivity (Wildman–Crippen MR) is 65.9 cm³/mol. The minimum atomic E-state index is -3.38. The zero-order chi connectivity index (χ0) is 14.0. The van der Waals surface area contributed by atoms with Crippen LogP contribution in [0.3, 0.4) is 0 Å². The van der Waals surface area contributed by atoms with Crippen LogP contribution in [0, 0.1) is 0 Å². The molecule has 6 nitrogen and oxygen atoms in total. The molecule has 1 aliphatic heterocycles. The lowest BCUT2D eigenvalue weighted by Gasteiger charge is -2.28. The lowest BCUT2D eigenvalue weighted by atomic mass is 10.0. The van der Waals surface area contributed by atoms with E-state index < -0.39 is 32.5 Å². The van der Waals surface area contributed by atoms with Gasteiger partial charge in [0.05, 0.1) is 12.2 Å². The van der Waals surface area contributed by atoms with Gasteiger partial charge in [0, 0.05) is 5.54 Å². The fourth-order valence-electron chi connectivity index (χ4n) is 2.09. The van der Waals surface area contributed by atoms with Crippen molar-refractivity contribution in [3.63, 3.8) is 0 Å². The van der Waals surface area contributed by atoms with Gasteiger partial charge in [0.1, 0.15) is 5.25 Å². The number of carbonyl (C=O) groups excluding carboxylic acids is 1. The van der Waals surface area contributed by atoms with E-state index in [9.17, 15) is 18.0 Å². The number of amides is 1. The second kappa shape index (κ2) is 5.26. The van der Waals surface area contributed by atoms with Crippen molar-refractivity contribution in [2.75, 3.05) is 5.75 Å². The molecule has 1 atom stereocenters. The zero-order valence-corrected chi connectivity index (χ0v) is 11.4. The van der Waals surface area contributed by atoms with Gasteiger partial charge in [-0.1, -0.05) is 6.42 Å². The fraction of sp³-hybridized carbons (Fsp3) is 0.818. The Morgan fingerprint density at radius 2 is 1.94 bits per heavy atom. The summed E-state index contributed by atoms with van der Waals surface area (Å²) < 4.78 is 23.5. The van der Waals surface area contributed by atoms with E-state index in [0.717, 1.165) is 0 Å². The number of carboxylic acids is 1. The summed E-state index contributed by atoms with van der Waals surface area (Å²) in [4.78, 5) is 22.6. The van der Waals surface area contributed by atoms with E-state index in [2.05, 4.69) is 5.32 Å². The Kier molecular flexibility index (Phi) is 4.37. The Labute approximate surface area is 107 Å². The Balaban J connectivity index is 2.73. The van der Waals surface area contributed by atoms with E-state index in [4.69, 9.17) is 5.11 Å². The summed E-state index contributed by atoms with van der Waals surface area (Å²) in [6.45, 7) is 3.13. The van der Waals surface area contributed by atoms with Gasteiger partial charge < -0.3 is 10.4 Å². The largest absolute Gasteiger partial charge is 0.481 e. The molecular weight excluding hydrogens is 258 g/mol. The van der Waals surface area contributed by atoms with Crippen LogP contribution in [0.15, 0.2) is 0 Å². The van der Waals surface area contributed by atoms with Crippen molar-refractivity contribution in [3.05, 3.63) is 0 Å². The highest BCUT2D eigenvalue weighted by atomic mass is 32.2. The molecule has 0 bridgehead atoms. The van der Waals surface area contributed by atoms with E-state index in [0.29, 0.717) is 19.3 Å². The van der Waals surface area contributed by atoms with Crippen LogP contribution in [-0.4, -0.2) is 41.9 Å². The van der Waals surface area contributed by atoms with Crippen LogP contribution < -0.4 is 5.32 Å². The van der Waals surface area contributed by atoms with Crippen molar-refractivity contribution in [1.29, 1.82) is 0 Å². The maximum Gasteiger partial charge on any atom is 0.305 e. The van der Waals surface area contributed by atoms with Crippen LogP contribution in [0.25, 0.3) is 0 Å². The van der Waals surface area contributed by atoms with Gasteiger partial charge in [0.2, 0.25) is 5.91 Å². The second-order valence-corrected chi connectivity index (χ2v) is 7.60. The maximum absolute atomic E-state index is 11.9. The first-order valence-electron chi connectivity index (χ1n) is 5.89. The van der Waals surface area contributed by atoms with Crippen molar-refractivity contribution >= 4 is 21.7 Å². The molecule has 1 heterocycles. The van der Waals surface area contributed by atoms with Crippen LogP contribution >= 0.6 is 0 Å². The summed E-state index contributed by atoms with van der Waals surface area (Å²) in [6, 6.07) is 0. The van der Waals surface area contributed by atoms with Gasteiger partial charge in [-0.25, -0.2) is 8.42 Å². The highest BCUT2D eigenvalue weighted by Gasteiger charge is 2.37. The number of rotatable bonds is 4. The van der Waals surface area contributed by atoms with Gasteiger partial charge in [0.15, 0.2) is 9.84 Å². The van der Waals surface area contributed by atoms with E-state index in [1.54, 1.807) is 13.8 Å². The number of carbonyl (C=O) groups is 2. The second-order valence-electron chi connectivity index (χ2n) is 5.30. The molecule has 1 unspecified atom stereocenters. The van der Waals surface area contributed by atoms with Crippen molar-refractivity contribution in [2.24, 2.45) is 0 Å². The number of hydrogen-bond acceptors (Lipinski definition) is 4. The standard InChI is InChI=1S/C11H19NO5S/c1-11(2,7-9(13)14)12-10(15)8-5-3-4-6-18(8,16)17/h8H,3-7H2,1-2H3,(H,12,15)(H,13,14). The van der Waals surface area contributed by atoms with Crippen molar-refractivity contribution in [2.45, 2.75) is 50.3 Å². The summed E-state index contributed by atoms with van der Waals surface area (Å²) >= 11 is 0. The molecule has 0 radical (unpaired) electrons. The van der Waals surface area contributed by atoms with Crippen LogP contribution in [-0.2, 0) is 19.4 Å². The third kappa shape index (κ3) is 3.97. The highest BCUT2D eigenvalue weighted by Crippen LogP contribution is 2.21. The molecule has 2 N–H and O–H groups in total. The minimum absolute atomic E-state index is 0.0322. The SMILES string of the molecule is CC(C)(CC(=O)O)NC(=O)C1CCCCS1(=O)=O. The molecule has 104 valence electrons. The molecule has 0 spiro atoms. The lowest BCUT2D eigenvalue weighted by Crippen LogP contribution is -2.51. The molecule has 1 aliphatic rings. The summed E-state index contributed by atoms with van der Waals surface area (Å²) in [5.74, 6) is -1.59. The average Bonchev–Trinajstić information content (AvgIpc) is 2.12. The molecule has 1 saturated heterocycles. The minimum Gasteiger partial charge on any atom is -0.481 e. The summed E-state index contributed by atoms with van der Waals surface area (Å²) in [5, 5.41) is 10.2. The summed E-state index contributed by atoms with van der Waals surface area (Å²) in [7, 11) is -3.38. The van der Waals surface area contributed by atoms with Crippen LogP contribution in [0.5, 0.6) is 0 Å². The van der Waals surface area contributed by atoms with Gasteiger partial charge in [-0.3, -0.25) is 9.59 Å². The first-order valence-corrected chi connectivity index (χ1v) is 7.61. The summed E-state index contributed by atoms with van der Waals surface area (Å²) in [5.41, 5.74) is -0.949. The van der Waals surface area contributed by atoms with Crippen LogP contribution in [0.1, 0.15) is 39.5 Å². The number of sulfone groups is 1. The number of aliphatic carboxylic acids is 1. The van der Waals surface area contributed by atoms with E-state index in [1.807, 2.05) is 0 Å². The predicted octanol–water partition coefficient (Wildman–Crippen LogP) is 0.323. The normalized spacial score (nSPS) is 23.3. The molecule has 7 heteroatoms.